The maximum atomic E-state index is 11.9. The van der Waals surface area contributed by atoms with E-state index in [9.17, 15) is 4.79 Å². The van der Waals surface area contributed by atoms with Crippen LogP contribution < -0.4 is 4.46 Å². The van der Waals surface area contributed by atoms with Gasteiger partial charge < -0.3 is 0 Å². The minimum atomic E-state index is -0.610. The Morgan fingerprint density at radius 2 is 1.95 bits per heavy atom. The molecular formula is C15H22O3Se. The van der Waals surface area contributed by atoms with Crippen molar-refractivity contribution < 1.29 is 14.3 Å². The van der Waals surface area contributed by atoms with Crippen LogP contribution in [0.2, 0.25) is 5.32 Å². The van der Waals surface area contributed by atoms with Gasteiger partial charge in [-0.25, -0.2) is 0 Å². The summed E-state index contributed by atoms with van der Waals surface area (Å²) in [5.41, 5.74) is -0.610. The molecule has 3 nitrogen and oxygen atoms in total. The summed E-state index contributed by atoms with van der Waals surface area (Å²) in [6.45, 7) is 6.34. The molecule has 1 atom stereocenters. The van der Waals surface area contributed by atoms with E-state index < -0.39 is 5.41 Å². The van der Waals surface area contributed by atoms with Crippen molar-refractivity contribution in [2.75, 3.05) is 13.7 Å². The van der Waals surface area contributed by atoms with Gasteiger partial charge in [-0.15, -0.1) is 0 Å². The molecule has 0 aliphatic rings. The van der Waals surface area contributed by atoms with Crippen LogP contribution in [0.3, 0.4) is 0 Å². The van der Waals surface area contributed by atoms with Crippen LogP contribution in [0.1, 0.15) is 20.8 Å². The number of ether oxygens (including phenoxy) is 2. The first-order valence-corrected chi connectivity index (χ1v) is 8.47. The molecule has 106 valence electrons. The van der Waals surface area contributed by atoms with Crippen LogP contribution in [0.4, 0.5) is 0 Å². The van der Waals surface area contributed by atoms with Crippen molar-refractivity contribution in [1.29, 1.82) is 0 Å². The number of carbonyl (C=O) groups excluding carboxylic acids is 1. The summed E-state index contributed by atoms with van der Waals surface area (Å²) in [5.74, 6) is -0.213. The fourth-order valence-corrected chi connectivity index (χ4v) is 4.28. The quantitative estimate of drug-likeness (QED) is 0.567. The SMILES string of the molecule is CCOC(C[Se]c1ccccc1)C(C)(C)C(=O)OC. The molecule has 0 heterocycles. The van der Waals surface area contributed by atoms with Gasteiger partial charge in [0.05, 0.1) is 0 Å². The number of benzene rings is 1. The third kappa shape index (κ3) is 4.64. The molecule has 1 rings (SSSR count). The molecule has 0 saturated heterocycles. The molecule has 4 heteroatoms. The summed E-state index contributed by atoms with van der Waals surface area (Å²) in [6.07, 6.45) is -0.106. The van der Waals surface area contributed by atoms with Gasteiger partial charge >= 0.3 is 121 Å². The first kappa shape index (κ1) is 16.2. The van der Waals surface area contributed by atoms with E-state index in [0.717, 1.165) is 5.32 Å². The molecule has 0 spiro atoms. The molecular weight excluding hydrogens is 307 g/mol. The number of hydrogen-bond donors (Lipinski definition) is 0. The molecule has 0 amide bonds. The van der Waals surface area contributed by atoms with Gasteiger partial charge in [-0.3, -0.25) is 0 Å². The Morgan fingerprint density at radius 1 is 1.32 bits per heavy atom. The van der Waals surface area contributed by atoms with Crippen molar-refractivity contribution >= 4 is 25.4 Å². The third-order valence-electron chi connectivity index (χ3n) is 3.03. The molecule has 0 radical (unpaired) electrons. The number of methoxy groups -OCH3 is 1. The van der Waals surface area contributed by atoms with E-state index in [-0.39, 0.29) is 12.1 Å². The normalized spacial score (nSPS) is 13.1. The van der Waals surface area contributed by atoms with Gasteiger partial charge in [0, 0.05) is 0 Å². The van der Waals surface area contributed by atoms with E-state index in [1.807, 2.05) is 39.0 Å². The van der Waals surface area contributed by atoms with Crippen molar-refractivity contribution in [1.82, 2.24) is 0 Å². The van der Waals surface area contributed by atoms with Gasteiger partial charge in [0.15, 0.2) is 0 Å². The Morgan fingerprint density at radius 3 is 2.47 bits per heavy atom. The van der Waals surface area contributed by atoms with Gasteiger partial charge in [-0.1, -0.05) is 0 Å². The summed E-state index contributed by atoms with van der Waals surface area (Å²) in [4.78, 5) is 11.9. The minimum absolute atomic E-state index is 0.106. The first-order valence-electron chi connectivity index (χ1n) is 6.40. The summed E-state index contributed by atoms with van der Waals surface area (Å²) < 4.78 is 12.0. The van der Waals surface area contributed by atoms with Crippen LogP contribution >= 0.6 is 0 Å². The van der Waals surface area contributed by atoms with E-state index in [2.05, 4.69) is 12.1 Å². The zero-order valence-electron chi connectivity index (χ0n) is 12.0. The topological polar surface area (TPSA) is 35.5 Å². The zero-order chi connectivity index (χ0) is 14.3. The predicted octanol–water partition coefficient (Wildman–Crippen LogP) is 2.04. The van der Waals surface area contributed by atoms with E-state index in [4.69, 9.17) is 9.47 Å². The van der Waals surface area contributed by atoms with Crippen LogP contribution in [0.15, 0.2) is 30.3 Å². The molecule has 0 fully saturated rings. The second-order valence-electron chi connectivity index (χ2n) is 4.78. The zero-order valence-corrected chi connectivity index (χ0v) is 13.7. The average Bonchev–Trinajstić information content (AvgIpc) is 2.43. The Balaban J connectivity index is 2.70. The Labute approximate surface area is 121 Å². The number of rotatable bonds is 7. The van der Waals surface area contributed by atoms with Crippen molar-refractivity contribution in [2.45, 2.75) is 32.2 Å². The van der Waals surface area contributed by atoms with E-state index in [1.54, 1.807) is 0 Å². The molecule has 1 unspecified atom stereocenters. The Bertz CT molecular complexity index is 390. The van der Waals surface area contributed by atoms with Crippen molar-refractivity contribution in [2.24, 2.45) is 5.41 Å². The van der Waals surface area contributed by atoms with E-state index in [0.29, 0.717) is 21.6 Å². The van der Waals surface area contributed by atoms with E-state index in [1.165, 1.54) is 11.6 Å². The van der Waals surface area contributed by atoms with Gasteiger partial charge in [0.25, 0.3) is 0 Å². The molecule has 0 bridgehead atoms. The Hall–Kier alpha value is -0.831. The van der Waals surface area contributed by atoms with Crippen molar-refractivity contribution in [3.8, 4) is 0 Å². The van der Waals surface area contributed by atoms with Crippen molar-refractivity contribution in [3.05, 3.63) is 30.3 Å². The second-order valence-corrected chi connectivity index (χ2v) is 7.08. The monoisotopic (exact) mass is 330 g/mol. The number of esters is 1. The molecule has 1 aromatic rings. The fourth-order valence-electron chi connectivity index (χ4n) is 1.75. The second kappa shape index (κ2) is 7.68. The molecule has 0 saturated carbocycles. The summed E-state index contributed by atoms with van der Waals surface area (Å²) in [6, 6.07) is 10.3. The van der Waals surface area contributed by atoms with Gasteiger partial charge in [-0.05, 0) is 0 Å². The van der Waals surface area contributed by atoms with Gasteiger partial charge in [0.1, 0.15) is 0 Å². The predicted molar refractivity (Wildman–Crippen MR) is 77.8 cm³/mol. The Kier molecular flexibility index (Phi) is 6.56. The molecule has 1 aromatic carbocycles. The van der Waals surface area contributed by atoms with Gasteiger partial charge in [0.2, 0.25) is 0 Å². The maximum absolute atomic E-state index is 11.9. The summed E-state index contributed by atoms with van der Waals surface area (Å²) in [5, 5.41) is 0.868. The van der Waals surface area contributed by atoms with Crippen molar-refractivity contribution in [3.63, 3.8) is 0 Å². The van der Waals surface area contributed by atoms with Crippen LogP contribution in [0.25, 0.3) is 0 Å². The fraction of sp³-hybridized carbons (Fsp3) is 0.533. The van der Waals surface area contributed by atoms with Crippen LogP contribution in [0.5, 0.6) is 0 Å². The molecule has 0 aliphatic heterocycles. The van der Waals surface area contributed by atoms with Crippen LogP contribution in [-0.2, 0) is 14.3 Å². The molecule has 0 aromatic heterocycles. The van der Waals surface area contributed by atoms with Crippen LogP contribution in [0, 0.1) is 5.41 Å². The molecule has 19 heavy (non-hydrogen) atoms. The summed E-state index contributed by atoms with van der Waals surface area (Å²) >= 11 is 0.298. The van der Waals surface area contributed by atoms with Gasteiger partial charge in [-0.2, -0.15) is 0 Å². The average molecular weight is 329 g/mol. The van der Waals surface area contributed by atoms with E-state index >= 15 is 0 Å². The summed E-state index contributed by atoms with van der Waals surface area (Å²) in [7, 11) is 1.43. The number of hydrogen-bond acceptors (Lipinski definition) is 3. The molecule has 0 aliphatic carbocycles. The molecule has 0 N–H and O–H groups in total. The third-order valence-corrected chi connectivity index (χ3v) is 5.28. The standard InChI is InChI=1S/C15H22O3Se/c1-5-18-13(15(2,3)14(16)17-4)11-19-12-9-7-6-8-10-12/h6-10,13H,5,11H2,1-4H3. The van der Waals surface area contributed by atoms with Crippen LogP contribution in [-0.4, -0.2) is 40.7 Å². The number of carbonyl (C=O) groups is 1. The first-order chi connectivity index (χ1) is 9.02.